The first-order valence-corrected chi connectivity index (χ1v) is 10.5. The number of pyridine rings is 1. The molecule has 0 bridgehead atoms. The molecule has 8 nitrogen and oxygen atoms in total. The lowest BCUT2D eigenvalue weighted by atomic mass is 10.2. The number of amides is 2. The molecular weight excluding hydrogens is 392 g/mol. The molecule has 0 spiro atoms. The maximum atomic E-state index is 13.3. The van der Waals surface area contributed by atoms with E-state index in [1.54, 1.807) is 17.8 Å². The van der Waals surface area contributed by atoms with Gasteiger partial charge in [-0.15, -0.1) is 0 Å². The van der Waals surface area contributed by atoms with Crippen LogP contribution in [0.15, 0.2) is 54.9 Å². The average molecular weight is 420 g/mol. The van der Waals surface area contributed by atoms with E-state index in [2.05, 4.69) is 20.3 Å². The summed E-state index contributed by atoms with van der Waals surface area (Å²) >= 11 is 0. The van der Waals surface area contributed by atoms with E-state index in [-0.39, 0.29) is 11.8 Å². The van der Waals surface area contributed by atoms with Crippen molar-refractivity contribution in [2.24, 2.45) is 0 Å². The lowest BCUT2D eigenvalue weighted by Gasteiger charge is -2.31. The van der Waals surface area contributed by atoms with Gasteiger partial charge < -0.3 is 10.2 Å². The number of piperazine rings is 1. The van der Waals surface area contributed by atoms with Gasteiger partial charge >= 0.3 is 0 Å². The molecule has 0 saturated carbocycles. The number of carbonyl (C=O) groups is 2. The molecule has 3 heterocycles. The largest absolute Gasteiger partial charge is 0.331 e. The zero-order chi connectivity index (χ0) is 21.8. The van der Waals surface area contributed by atoms with Crippen LogP contribution in [0.2, 0.25) is 0 Å². The van der Waals surface area contributed by atoms with E-state index in [0.717, 1.165) is 30.2 Å². The van der Waals surface area contributed by atoms with Gasteiger partial charge in [-0.3, -0.25) is 14.5 Å². The summed E-state index contributed by atoms with van der Waals surface area (Å²) in [6.45, 7) is 6.44. The summed E-state index contributed by atoms with van der Waals surface area (Å²) in [6.07, 6.45) is 3.76. The van der Waals surface area contributed by atoms with Crippen LogP contribution in [0.1, 0.15) is 29.3 Å². The Bertz CT molecular complexity index is 1050. The molecule has 160 valence electrons. The van der Waals surface area contributed by atoms with Crippen molar-refractivity contribution in [1.29, 1.82) is 0 Å². The van der Waals surface area contributed by atoms with Crippen molar-refractivity contribution in [2.75, 3.05) is 36.4 Å². The fourth-order valence-corrected chi connectivity index (χ4v) is 3.63. The highest BCUT2D eigenvalue weighted by molar-refractivity contribution is 6.03. The van der Waals surface area contributed by atoms with E-state index in [1.165, 1.54) is 0 Å². The molecule has 2 N–H and O–H groups in total. The van der Waals surface area contributed by atoms with Crippen LogP contribution >= 0.6 is 0 Å². The maximum absolute atomic E-state index is 13.3. The number of aromatic amines is 1. The summed E-state index contributed by atoms with van der Waals surface area (Å²) < 4.78 is 1.62. The van der Waals surface area contributed by atoms with Crippen LogP contribution in [0.3, 0.4) is 0 Å². The van der Waals surface area contributed by atoms with E-state index >= 15 is 0 Å². The zero-order valence-corrected chi connectivity index (χ0v) is 17.8. The fraction of sp³-hybridized carbons (Fsp3) is 0.304. The van der Waals surface area contributed by atoms with E-state index in [1.807, 2.05) is 60.5 Å². The Kier molecular flexibility index (Phi) is 5.97. The lowest BCUT2D eigenvalue weighted by Crippen LogP contribution is -2.50. The molecule has 0 radical (unpaired) electrons. The Morgan fingerprint density at radius 3 is 2.45 bits per heavy atom. The molecule has 3 aromatic rings. The van der Waals surface area contributed by atoms with Crippen LogP contribution in [0.5, 0.6) is 0 Å². The number of nitrogens with one attached hydrogen (secondary N) is 2. The van der Waals surface area contributed by atoms with Gasteiger partial charge in [-0.2, -0.15) is 5.10 Å². The number of hydrogen-bond donors (Lipinski definition) is 1. The van der Waals surface area contributed by atoms with Crippen LogP contribution in [0.25, 0.3) is 5.69 Å². The minimum absolute atomic E-state index is 0.124. The van der Waals surface area contributed by atoms with Gasteiger partial charge in [0, 0.05) is 12.5 Å². The second-order valence-electron chi connectivity index (χ2n) is 7.58. The summed E-state index contributed by atoms with van der Waals surface area (Å²) in [5.41, 5.74) is 2.32. The van der Waals surface area contributed by atoms with Gasteiger partial charge in [-0.1, -0.05) is 30.7 Å². The van der Waals surface area contributed by atoms with Crippen LogP contribution in [0, 0.1) is 6.92 Å². The predicted octanol–water partition coefficient (Wildman–Crippen LogP) is 2.31. The third kappa shape index (κ3) is 4.42. The van der Waals surface area contributed by atoms with Gasteiger partial charge in [0.1, 0.15) is 24.5 Å². The number of carbonyl (C=O) groups excluding carboxylic acids is 2. The molecule has 31 heavy (non-hydrogen) atoms. The Labute approximate surface area is 181 Å². The van der Waals surface area contributed by atoms with Crippen LogP contribution < -0.4 is 15.2 Å². The Hall–Kier alpha value is -3.68. The van der Waals surface area contributed by atoms with Gasteiger partial charge in [0.05, 0.1) is 31.2 Å². The van der Waals surface area contributed by atoms with Crippen molar-refractivity contribution in [2.45, 2.75) is 20.3 Å². The molecule has 1 aliphatic rings. The molecule has 1 aromatic carbocycles. The van der Waals surface area contributed by atoms with Crippen molar-refractivity contribution in [3.63, 3.8) is 0 Å². The summed E-state index contributed by atoms with van der Waals surface area (Å²) in [5, 5.41) is 7.30. The van der Waals surface area contributed by atoms with Crippen molar-refractivity contribution in [1.82, 2.24) is 14.7 Å². The minimum atomic E-state index is -0.160. The molecule has 0 atom stereocenters. The summed E-state index contributed by atoms with van der Waals surface area (Å²) in [7, 11) is 0. The van der Waals surface area contributed by atoms with Crippen LogP contribution in [-0.4, -0.2) is 52.7 Å². The highest BCUT2D eigenvalue weighted by atomic mass is 16.2. The second-order valence-corrected chi connectivity index (χ2v) is 7.58. The lowest BCUT2D eigenvalue weighted by molar-refractivity contribution is -0.364. The maximum Gasteiger partial charge on any atom is 0.274 e. The fourth-order valence-electron chi connectivity index (χ4n) is 3.63. The second kappa shape index (κ2) is 8.99. The topological polar surface area (TPSA) is 84.6 Å². The van der Waals surface area contributed by atoms with E-state index < -0.39 is 0 Å². The number of rotatable bonds is 5. The van der Waals surface area contributed by atoms with Gasteiger partial charge in [-0.05, 0) is 25.1 Å². The summed E-state index contributed by atoms with van der Waals surface area (Å²) in [5.74, 6) is 1.17. The number of nitrogens with zero attached hydrogens (tertiary/aromatic N) is 4. The van der Waals surface area contributed by atoms with Crippen molar-refractivity contribution >= 4 is 23.5 Å². The SMILES string of the molecule is CCC(=O)Nc1c(C(=O)N2CCN(c3cccc[nH+]3)CC2)cnn1-c1ccc(C)cc1. The van der Waals surface area contributed by atoms with Gasteiger partial charge in [0.2, 0.25) is 5.91 Å². The number of aromatic nitrogens is 3. The normalized spacial score (nSPS) is 13.9. The first-order chi connectivity index (χ1) is 15.1. The average Bonchev–Trinajstić information content (AvgIpc) is 3.23. The molecule has 1 saturated heterocycles. The quantitative estimate of drug-likeness (QED) is 0.688. The number of aryl methyl sites for hydroxylation is 1. The van der Waals surface area contributed by atoms with Crippen LogP contribution in [0.4, 0.5) is 11.6 Å². The van der Waals surface area contributed by atoms with E-state index in [4.69, 9.17) is 0 Å². The highest BCUT2D eigenvalue weighted by Crippen LogP contribution is 2.23. The Morgan fingerprint density at radius 2 is 1.81 bits per heavy atom. The first kappa shape index (κ1) is 20.6. The zero-order valence-electron chi connectivity index (χ0n) is 17.8. The van der Waals surface area contributed by atoms with Crippen molar-refractivity contribution < 1.29 is 14.6 Å². The van der Waals surface area contributed by atoms with Crippen molar-refractivity contribution in [3.8, 4) is 5.69 Å². The number of anilines is 2. The van der Waals surface area contributed by atoms with Crippen LogP contribution in [-0.2, 0) is 4.79 Å². The van der Waals surface area contributed by atoms with Crippen molar-refractivity contribution in [3.05, 3.63) is 66.0 Å². The summed E-state index contributed by atoms with van der Waals surface area (Å²) in [6, 6.07) is 13.8. The first-order valence-electron chi connectivity index (χ1n) is 10.5. The standard InChI is InChI=1S/C23H26N6O2/c1-3-21(30)26-22-19(16-25-29(22)18-9-7-17(2)8-10-18)23(31)28-14-12-27(13-15-28)20-6-4-5-11-24-20/h4-11,16H,3,12-15H2,1-2H3,(H,26,30)/p+1. The van der Waals surface area contributed by atoms with Gasteiger partial charge in [0.25, 0.3) is 11.7 Å². The Morgan fingerprint density at radius 1 is 1.06 bits per heavy atom. The third-order valence-electron chi connectivity index (χ3n) is 5.46. The molecule has 1 aliphatic heterocycles. The molecule has 4 rings (SSSR count). The molecule has 0 aliphatic carbocycles. The van der Waals surface area contributed by atoms with Gasteiger partial charge in [0.15, 0.2) is 0 Å². The number of H-pyrrole nitrogens is 1. The minimum Gasteiger partial charge on any atom is -0.331 e. The highest BCUT2D eigenvalue weighted by Gasteiger charge is 2.30. The van der Waals surface area contributed by atoms with E-state index in [0.29, 0.717) is 30.9 Å². The smallest absolute Gasteiger partial charge is 0.274 e. The monoisotopic (exact) mass is 419 g/mol. The van der Waals surface area contributed by atoms with E-state index in [9.17, 15) is 9.59 Å². The number of hydrogen-bond acceptors (Lipinski definition) is 4. The molecule has 1 fully saturated rings. The molecule has 8 heteroatoms. The predicted molar refractivity (Wildman–Crippen MR) is 118 cm³/mol. The molecule has 2 aromatic heterocycles. The third-order valence-corrected chi connectivity index (χ3v) is 5.46. The summed E-state index contributed by atoms with van der Waals surface area (Å²) in [4.78, 5) is 32.8. The molecular formula is C23H27N6O2+. The molecule has 2 amide bonds. The number of benzene rings is 1. The molecule has 0 unspecified atom stereocenters. The van der Waals surface area contributed by atoms with Gasteiger partial charge in [-0.25, -0.2) is 9.67 Å². The Balaban J connectivity index is 1.56.